The number of nitrogens with two attached hydrogens (primary N) is 1. The predicted octanol–water partition coefficient (Wildman–Crippen LogP) is 3.42. The molecule has 0 saturated carbocycles. The Bertz CT molecular complexity index is 382. The van der Waals surface area contributed by atoms with Gasteiger partial charge in [-0.2, -0.15) is 13.2 Å². The fourth-order valence-corrected chi connectivity index (χ4v) is 1.54. The van der Waals surface area contributed by atoms with Crippen molar-refractivity contribution in [3.05, 3.63) is 29.3 Å². The van der Waals surface area contributed by atoms with Gasteiger partial charge in [-0.15, -0.1) is 12.4 Å². The third kappa shape index (κ3) is 4.38. The molecule has 0 fully saturated rings. The maximum atomic E-state index is 12.6. The molecule has 0 heterocycles. The summed E-state index contributed by atoms with van der Waals surface area (Å²) in [4.78, 5) is 0. The first kappa shape index (κ1) is 17.1. The molecule has 1 unspecified atom stereocenters. The molecule has 1 aromatic carbocycles. The first-order valence-electron chi connectivity index (χ1n) is 5.38. The highest BCUT2D eigenvalue weighted by atomic mass is 35.5. The van der Waals surface area contributed by atoms with Gasteiger partial charge in [-0.1, -0.05) is 6.92 Å². The van der Waals surface area contributed by atoms with E-state index in [-0.39, 0.29) is 18.4 Å². The lowest BCUT2D eigenvalue weighted by atomic mass is 10.0. The highest BCUT2D eigenvalue weighted by Gasteiger charge is 2.31. The molecule has 1 aromatic rings. The molecule has 2 nitrogen and oxygen atoms in total. The zero-order chi connectivity index (χ0) is 13.1. The highest BCUT2D eigenvalue weighted by Crippen LogP contribution is 2.32. The third-order valence-electron chi connectivity index (χ3n) is 2.61. The van der Waals surface area contributed by atoms with Crippen molar-refractivity contribution in [2.45, 2.75) is 32.0 Å². The Morgan fingerprint density at radius 3 is 2.39 bits per heavy atom. The SMILES string of the molecule is CCC(N)Cc1cc(C(F)(F)F)ccc1OC.Cl. The molecule has 2 N–H and O–H groups in total. The topological polar surface area (TPSA) is 35.2 Å². The van der Waals surface area contributed by atoms with Crippen molar-refractivity contribution >= 4 is 12.4 Å². The van der Waals surface area contributed by atoms with Gasteiger partial charge in [0.15, 0.2) is 0 Å². The molecule has 0 aliphatic carbocycles. The maximum Gasteiger partial charge on any atom is 0.416 e. The molecule has 104 valence electrons. The van der Waals surface area contributed by atoms with Crippen molar-refractivity contribution in [2.24, 2.45) is 5.73 Å². The van der Waals surface area contributed by atoms with E-state index in [4.69, 9.17) is 10.5 Å². The van der Waals surface area contributed by atoms with E-state index < -0.39 is 11.7 Å². The molecule has 1 atom stereocenters. The van der Waals surface area contributed by atoms with Crippen LogP contribution < -0.4 is 10.5 Å². The van der Waals surface area contributed by atoms with Crippen LogP contribution in [-0.2, 0) is 12.6 Å². The number of halogens is 4. The number of hydrogen-bond acceptors (Lipinski definition) is 2. The zero-order valence-electron chi connectivity index (χ0n) is 10.3. The molecule has 0 aliphatic rings. The van der Waals surface area contributed by atoms with Gasteiger partial charge in [0.25, 0.3) is 0 Å². The largest absolute Gasteiger partial charge is 0.496 e. The van der Waals surface area contributed by atoms with E-state index in [1.807, 2.05) is 6.92 Å². The molecule has 0 radical (unpaired) electrons. The van der Waals surface area contributed by atoms with Crippen LogP contribution in [0.15, 0.2) is 18.2 Å². The van der Waals surface area contributed by atoms with E-state index in [0.717, 1.165) is 12.1 Å². The summed E-state index contributed by atoms with van der Waals surface area (Å²) in [5.41, 5.74) is 5.58. The standard InChI is InChI=1S/C12H16F3NO.ClH/c1-3-10(16)7-8-6-9(12(13,14)15)4-5-11(8)17-2;/h4-6,10H,3,7,16H2,1-2H3;1H. The van der Waals surface area contributed by atoms with E-state index in [2.05, 4.69) is 0 Å². The van der Waals surface area contributed by atoms with Crippen LogP contribution in [0.5, 0.6) is 5.75 Å². The molecule has 0 bridgehead atoms. The quantitative estimate of drug-likeness (QED) is 0.919. The second-order valence-corrected chi connectivity index (χ2v) is 3.90. The molecule has 0 saturated heterocycles. The van der Waals surface area contributed by atoms with Gasteiger partial charge >= 0.3 is 6.18 Å². The van der Waals surface area contributed by atoms with Crippen LogP contribution in [0.3, 0.4) is 0 Å². The van der Waals surface area contributed by atoms with Crippen molar-refractivity contribution < 1.29 is 17.9 Å². The third-order valence-corrected chi connectivity index (χ3v) is 2.61. The summed E-state index contributed by atoms with van der Waals surface area (Å²) in [6, 6.07) is 3.29. The van der Waals surface area contributed by atoms with Gasteiger partial charge in [-0.05, 0) is 36.6 Å². The van der Waals surface area contributed by atoms with Crippen LogP contribution >= 0.6 is 12.4 Å². The molecular formula is C12H17ClF3NO. The average molecular weight is 284 g/mol. The smallest absolute Gasteiger partial charge is 0.416 e. The lowest BCUT2D eigenvalue weighted by molar-refractivity contribution is -0.137. The van der Waals surface area contributed by atoms with Gasteiger partial charge in [-0.3, -0.25) is 0 Å². The molecule has 6 heteroatoms. The van der Waals surface area contributed by atoms with Crippen LogP contribution in [0, 0.1) is 0 Å². The van der Waals surface area contributed by atoms with Crippen molar-refractivity contribution in [3.63, 3.8) is 0 Å². The molecule has 0 amide bonds. The number of ether oxygens (including phenoxy) is 1. The maximum absolute atomic E-state index is 12.6. The molecule has 0 spiro atoms. The van der Waals surface area contributed by atoms with Gasteiger partial charge in [0.2, 0.25) is 0 Å². The summed E-state index contributed by atoms with van der Waals surface area (Å²) in [6.45, 7) is 1.89. The molecule has 0 aromatic heterocycles. The van der Waals surface area contributed by atoms with Crippen molar-refractivity contribution in [3.8, 4) is 5.75 Å². The lowest BCUT2D eigenvalue weighted by Gasteiger charge is -2.15. The first-order chi connectivity index (χ1) is 7.88. The first-order valence-corrected chi connectivity index (χ1v) is 5.38. The highest BCUT2D eigenvalue weighted by molar-refractivity contribution is 5.85. The summed E-state index contributed by atoms with van der Waals surface area (Å²) in [5.74, 6) is 0.446. The summed E-state index contributed by atoms with van der Waals surface area (Å²) in [5, 5.41) is 0. The van der Waals surface area contributed by atoms with E-state index in [0.29, 0.717) is 24.2 Å². The number of rotatable bonds is 4. The van der Waals surface area contributed by atoms with Gasteiger partial charge in [0, 0.05) is 6.04 Å². The van der Waals surface area contributed by atoms with Crippen LogP contribution in [0.25, 0.3) is 0 Å². The average Bonchev–Trinajstić information content (AvgIpc) is 2.27. The van der Waals surface area contributed by atoms with Crippen molar-refractivity contribution in [2.75, 3.05) is 7.11 Å². The second-order valence-electron chi connectivity index (χ2n) is 3.90. The Balaban J connectivity index is 0.00000289. The zero-order valence-corrected chi connectivity index (χ0v) is 11.1. The van der Waals surface area contributed by atoms with Crippen LogP contribution in [0.4, 0.5) is 13.2 Å². The molecule has 18 heavy (non-hydrogen) atoms. The lowest BCUT2D eigenvalue weighted by Crippen LogP contribution is -2.22. The summed E-state index contributed by atoms with van der Waals surface area (Å²) >= 11 is 0. The van der Waals surface area contributed by atoms with Gasteiger partial charge in [-0.25, -0.2) is 0 Å². The van der Waals surface area contributed by atoms with E-state index in [1.165, 1.54) is 13.2 Å². The molecule has 1 rings (SSSR count). The van der Waals surface area contributed by atoms with Crippen LogP contribution in [0.1, 0.15) is 24.5 Å². The minimum Gasteiger partial charge on any atom is -0.496 e. The van der Waals surface area contributed by atoms with Gasteiger partial charge in [0.1, 0.15) is 5.75 Å². The van der Waals surface area contributed by atoms with Crippen molar-refractivity contribution in [1.82, 2.24) is 0 Å². The predicted molar refractivity (Wildman–Crippen MR) is 67.2 cm³/mol. The Hall–Kier alpha value is -0.940. The van der Waals surface area contributed by atoms with Crippen LogP contribution in [0.2, 0.25) is 0 Å². The number of hydrogen-bond donors (Lipinski definition) is 1. The Labute approximate surface area is 111 Å². The second kappa shape index (κ2) is 6.85. The van der Waals surface area contributed by atoms with E-state index in [9.17, 15) is 13.2 Å². The number of benzene rings is 1. The molecule has 0 aliphatic heterocycles. The number of alkyl halides is 3. The van der Waals surface area contributed by atoms with Crippen LogP contribution in [-0.4, -0.2) is 13.2 Å². The normalized spacial score (nSPS) is 12.8. The minimum atomic E-state index is -4.34. The fraction of sp³-hybridized carbons (Fsp3) is 0.500. The monoisotopic (exact) mass is 283 g/mol. The van der Waals surface area contributed by atoms with E-state index >= 15 is 0 Å². The molecular weight excluding hydrogens is 267 g/mol. The fourth-order valence-electron chi connectivity index (χ4n) is 1.54. The van der Waals surface area contributed by atoms with Crippen molar-refractivity contribution in [1.29, 1.82) is 0 Å². The summed E-state index contributed by atoms with van der Waals surface area (Å²) < 4.78 is 42.7. The van der Waals surface area contributed by atoms with E-state index in [1.54, 1.807) is 0 Å². The minimum absolute atomic E-state index is 0. The Kier molecular flexibility index (Phi) is 6.49. The van der Waals surface area contributed by atoms with Gasteiger partial charge in [0.05, 0.1) is 12.7 Å². The Morgan fingerprint density at radius 1 is 1.33 bits per heavy atom. The summed E-state index contributed by atoms with van der Waals surface area (Å²) in [6.07, 6.45) is -3.25. The van der Waals surface area contributed by atoms with Gasteiger partial charge < -0.3 is 10.5 Å². The number of methoxy groups -OCH3 is 1. The summed E-state index contributed by atoms with van der Waals surface area (Å²) in [7, 11) is 1.43. The Morgan fingerprint density at radius 2 is 1.94 bits per heavy atom.